The molecule has 5 atom stereocenters. The number of hydrogen-bond donors (Lipinski definition) is 4. The molecule has 2 heterocycles. The monoisotopic (exact) mass is 450 g/mol. The Labute approximate surface area is 186 Å². The highest BCUT2D eigenvalue weighted by atomic mass is 32.1. The third-order valence-electron chi connectivity index (χ3n) is 5.41. The number of carbonyl (C=O) groups excluding carboxylic acids is 1. The van der Waals surface area contributed by atoms with Crippen molar-refractivity contribution in [3.63, 3.8) is 0 Å². The number of unbranched alkanes of at least 4 members (excludes halogenated alkanes) is 2. The van der Waals surface area contributed by atoms with E-state index in [1.165, 1.54) is 11.6 Å². The first-order chi connectivity index (χ1) is 14.9. The minimum atomic E-state index is -1.37. The topological polar surface area (TPSA) is 122 Å². The molecule has 1 amide bonds. The van der Waals surface area contributed by atoms with Gasteiger partial charge in [0.05, 0.1) is 6.61 Å². The molecule has 0 radical (unpaired) electrons. The predicted molar refractivity (Wildman–Crippen MR) is 117 cm³/mol. The van der Waals surface area contributed by atoms with Crippen LogP contribution in [0.4, 0.5) is 0 Å². The van der Waals surface area contributed by atoms with Crippen molar-refractivity contribution in [1.82, 2.24) is 19.7 Å². The molecular formula is C21H30N4O5S. The lowest BCUT2D eigenvalue weighted by Crippen LogP contribution is -2.62. The molecule has 0 saturated carbocycles. The summed E-state index contributed by atoms with van der Waals surface area (Å²) in [5.41, 5.74) is 0.870. The summed E-state index contributed by atoms with van der Waals surface area (Å²) in [6.07, 6.45) is -1.77. The van der Waals surface area contributed by atoms with Crippen LogP contribution in [0.2, 0.25) is 0 Å². The highest BCUT2D eigenvalue weighted by Gasteiger charge is 2.46. The molecule has 1 aliphatic rings. The van der Waals surface area contributed by atoms with Crippen LogP contribution in [0.15, 0.2) is 30.3 Å². The maximum absolute atomic E-state index is 11.8. The highest BCUT2D eigenvalue weighted by Crippen LogP contribution is 2.30. The fourth-order valence-corrected chi connectivity index (χ4v) is 4.12. The van der Waals surface area contributed by atoms with Crippen LogP contribution in [0.5, 0.6) is 0 Å². The second-order valence-electron chi connectivity index (χ2n) is 7.73. The lowest BCUT2D eigenvalue weighted by molar-refractivity contribution is -0.219. The van der Waals surface area contributed by atoms with Gasteiger partial charge in [0.15, 0.2) is 12.1 Å². The minimum absolute atomic E-state index is 0.371. The molecule has 3 rings (SSSR count). The van der Waals surface area contributed by atoms with Crippen LogP contribution in [-0.4, -0.2) is 66.5 Å². The molecule has 1 aromatic carbocycles. The number of carbonyl (C=O) groups is 1. The van der Waals surface area contributed by atoms with E-state index in [2.05, 4.69) is 12.2 Å². The number of amides is 1. The van der Waals surface area contributed by atoms with Gasteiger partial charge in [-0.25, -0.2) is 4.68 Å². The average Bonchev–Trinajstić information content (AvgIpc) is 3.08. The number of aliphatic hydroxyl groups excluding tert-OH is 3. The maximum atomic E-state index is 11.8. The lowest BCUT2D eigenvalue weighted by Gasteiger charge is -2.42. The standard InChI is InChI=1S/C21H30N4O5S/c1-3-4-8-11-24-19(14-9-6-5-7-10-14)23-25(21(24)31)20-16(22-13(2)27)18(29)17(28)15(12-26)30-20/h5-7,9-10,15-18,20,26,28-29H,3-4,8,11-12H2,1-2H3,(H,22,27)/t15-,16+,17+,18+,20-/m1/s1. The molecule has 1 saturated heterocycles. The molecule has 10 heteroatoms. The van der Waals surface area contributed by atoms with Gasteiger partial charge in [0.2, 0.25) is 10.7 Å². The number of hydrogen-bond acceptors (Lipinski definition) is 7. The van der Waals surface area contributed by atoms with E-state index < -0.39 is 43.1 Å². The molecule has 2 aromatic rings. The Bertz CT molecular complexity index is 932. The van der Waals surface area contributed by atoms with Crippen molar-refractivity contribution in [2.24, 2.45) is 0 Å². The Morgan fingerprint density at radius 3 is 2.55 bits per heavy atom. The number of benzene rings is 1. The number of nitrogens with zero attached hydrogens (tertiary/aromatic N) is 3. The van der Waals surface area contributed by atoms with E-state index in [0.29, 0.717) is 17.1 Å². The van der Waals surface area contributed by atoms with E-state index >= 15 is 0 Å². The van der Waals surface area contributed by atoms with Crippen molar-refractivity contribution in [1.29, 1.82) is 0 Å². The van der Waals surface area contributed by atoms with Crippen LogP contribution in [0.3, 0.4) is 0 Å². The molecule has 1 fully saturated rings. The third-order valence-corrected chi connectivity index (χ3v) is 5.82. The zero-order chi connectivity index (χ0) is 22.5. The first-order valence-corrected chi connectivity index (χ1v) is 10.9. The van der Waals surface area contributed by atoms with Crippen LogP contribution in [0.1, 0.15) is 39.3 Å². The molecule has 0 unspecified atom stereocenters. The number of rotatable bonds is 8. The van der Waals surface area contributed by atoms with Crippen molar-refractivity contribution in [3.05, 3.63) is 35.1 Å². The van der Waals surface area contributed by atoms with E-state index in [4.69, 9.17) is 22.1 Å². The summed E-state index contributed by atoms with van der Waals surface area (Å²) in [7, 11) is 0. The molecule has 31 heavy (non-hydrogen) atoms. The van der Waals surface area contributed by atoms with Crippen molar-refractivity contribution >= 4 is 18.1 Å². The van der Waals surface area contributed by atoms with Crippen LogP contribution in [-0.2, 0) is 16.1 Å². The van der Waals surface area contributed by atoms with E-state index in [9.17, 15) is 20.1 Å². The summed E-state index contributed by atoms with van der Waals surface area (Å²) < 4.78 is 9.61. The molecule has 1 aliphatic heterocycles. The maximum Gasteiger partial charge on any atom is 0.217 e. The largest absolute Gasteiger partial charge is 0.394 e. The number of ether oxygens (including phenoxy) is 1. The Kier molecular flexibility index (Phi) is 7.95. The second-order valence-corrected chi connectivity index (χ2v) is 8.10. The van der Waals surface area contributed by atoms with Gasteiger partial charge < -0.3 is 25.4 Å². The smallest absolute Gasteiger partial charge is 0.217 e. The SMILES string of the molecule is CCCCCn1c(-c2ccccc2)nn([C@@H]2O[C@H](CO)[C@H](O)[C@@H](O)[C@@H]2NC(C)=O)c1=S. The quantitative estimate of drug-likeness (QED) is 0.354. The first kappa shape index (κ1) is 23.6. The predicted octanol–water partition coefficient (Wildman–Crippen LogP) is 1.39. The van der Waals surface area contributed by atoms with Gasteiger partial charge in [0.1, 0.15) is 24.4 Å². The molecule has 1 aromatic heterocycles. The second kappa shape index (κ2) is 10.5. The number of aliphatic hydroxyl groups is 3. The minimum Gasteiger partial charge on any atom is -0.394 e. The Balaban J connectivity index is 2.08. The van der Waals surface area contributed by atoms with Crippen LogP contribution >= 0.6 is 12.2 Å². The van der Waals surface area contributed by atoms with Crippen molar-refractivity contribution in [2.75, 3.05) is 6.61 Å². The van der Waals surface area contributed by atoms with E-state index in [-0.39, 0.29) is 0 Å². The highest BCUT2D eigenvalue weighted by molar-refractivity contribution is 7.71. The van der Waals surface area contributed by atoms with Gasteiger partial charge in [-0.3, -0.25) is 9.36 Å². The van der Waals surface area contributed by atoms with Gasteiger partial charge in [0.25, 0.3) is 0 Å². The average molecular weight is 451 g/mol. The van der Waals surface area contributed by atoms with E-state index in [0.717, 1.165) is 24.8 Å². The Morgan fingerprint density at radius 2 is 1.94 bits per heavy atom. The number of aromatic nitrogens is 3. The molecule has 0 aliphatic carbocycles. The van der Waals surface area contributed by atoms with E-state index in [1.54, 1.807) is 0 Å². The van der Waals surface area contributed by atoms with Crippen LogP contribution < -0.4 is 5.32 Å². The summed E-state index contributed by atoms with van der Waals surface area (Å²) in [5, 5.41) is 37.9. The zero-order valence-electron chi connectivity index (χ0n) is 17.7. The Morgan fingerprint density at radius 1 is 1.23 bits per heavy atom. The molecule has 0 bridgehead atoms. The molecule has 170 valence electrons. The van der Waals surface area contributed by atoms with Crippen LogP contribution in [0, 0.1) is 4.77 Å². The molecule has 0 spiro atoms. The van der Waals surface area contributed by atoms with Gasteiger partial charge in [-0.2, -0.15) is 0 Å². The number of nitrogens with one attached hydrogen (secondary N) is 1. The van der Waals surface area contributed by atoms with Gasteiger partial charge in [-0.05, 0) is 18.6 Å². The molecule has 9 nitrogen and oxygen atoms in total. The first-order valence-electron chi connectivity index (χ1n) is 10.5. The van der Waals surface area contributed by atoms with Gasteiger partial charge in [-0.1, -0.05) is 50.1 Å². The van der Waals surface area contributed by atoms with Gasteiger partial charge in [-0.15, -0.1) is 5.10 Å². The Hall–Kier alpha value is -2.11. The fourth-order valence-electron chi connectivity index (χ4n) is 3.80. The summed E-state index contributed by atoms with van der Waals surface area (Å²) in [4.78, 5) is 11.8. The summed E-state index contributed by atoms with van der Waals surface area (Å²) in [5.74, 6) is 0.248. The third kappa shape index (κ3) is 5.04. The zero-order valence-corrected chi connectivity index (χ0v) is 18.5. The van der Waals surface area contributed by atoms with Crippen molar-refractivity contribution in [3.8, 4) is 11.4 Å². The summed E-state index contributed by atoms with van der Waals surface area (Å²) in [6, 6.07) is 8.60. The summed E-state index contributed by atoms with van der Waals surface area (Å²) in [6.45, 7) is 3.59. The van der Waals surface area contributed by atoms with Crippen molar-refractivity contribution in [2.45, 2.75) is 70.2 Å². The van der Waals surface area contributed by atoms with Crippen molar-refractivity contribution < 1.29 is 24.9 Å². The lowest BCUT2D eigenvalue weighted by atomic mass is 9.96. The summed E-state index contributed by atoms with van der Waals surface area (Å²) >= 11 is 5.72. The van der Waals surface area contributed by atoms with Gasteiger partial charge in [0, 0.05) is 19.0 Å². The van der Waals surface area contributed by atoms with Gasteiger partial charge >= 0.3 is 0 Å². The van der Waals surface area contributed by atoms with Crippen LogP contribution in [0.25, 0.3) is 11.4 Å². The normalized spacial score (nSPS) is 26.0. The molecule has 4 N–H and O–H groups in total. The molecular weight excluding hydrogens is 420 g/mol. The fraction of sp³-hybridized carbons (Fsp3) is 0.571. The van der Waals surface area contributed by atoms with E-state index in [1.807, 2.05) is 34.9 Å².